The van der Waals surface area contributed by atoms with Crippen molar-refractivity contribution in [1.82, 2.24) is 9.71 Å². The summed E-state index contributed by atoms with van der Waals surface area (Å²) in [5, 5.41) is 7.62. The SMILES string of the molecule is CCNc1cccnc1S(=O)(=O)NCCCS(N)(=O)=O. The van der Waals surface area contributed by atoms with E-state index in [9.17, 15) is 16.8 Å². The first-order valence-electron chi connectivity index (χ1n) is 5.95. The van der Waals surface area contributed by atoms with E-state index in [1.807, 2.05) is 6.92 Å². The molecule has 4 N–H and O–H groups in total. The maximum Gasteiger partial charge on any atom is 0.260 e. The Morgan fingerprint density at radius 2 is 2.00 bits per heavy atom. The minimum Gasteiger partial charge on any atom is -0.383 e. The summed E-state index contributed by atoms with van der Waals surface area (Å²) < 4.78 is 47.9. The maximum absolute atomic E-state index is 12.1. The Balaban J connectivity index is 2.74. The summed E-state index contributed by atoms with van der Waals surface area (Å²) in [4.78, 5) is 3.84. The average Bonchev–Trinajstić information content (AvgIpc) is 2.35. The number of aromatic nitrogens is 1. The fraction of sp³-hybridized carbons (Fsp3) is 0.500. The summed E-state index contributed by atoms with van der Waals surface area (Å²) in [5.41, 5.74) is 0.397. The molecule has 0 radical (unpaired) electrons. The molecule has 0 amide bonds. The molecule has 0 unspecified atom stereocenters. The van der Waals surface area contributed by atoms with Gasteiger partial charge in [-0.3, -0.25) is 0 Å². The third-order valence-electron chi connectivity index (χ3n) is 2.29. The Morgan fingerprint density at radius 3 is 2.60 bits per heavy atom. The standard InChI is InChI=1S/C10H18N4O4S2/c1-2-12-9-5-3-6-13-10(9)20(17,18)14-7-4-8-19(11,15)16/h3,5-6,12,14H,2,4,7-8H2,1H3,(H2,11,15,16). The molecule has 0 saturated heterocycles. The number of rotatable bonds is 8. The lowest BCUT2D eigenvalue weighted by Gasteiger charge is -2.10. The average molecular weight is 322 g/mol. The van der Waals surface area contributed by atoms with Crippen LogP contribution in [0.4, 0.5) is 5.69 Å². The number of anilines is 1. The molecule has 1 rings (SSSR count). The van der Waals surface area contributed by atoms with Crippen LogP contribution in [0.5, 0.6) is 0 Å². The van der Waals surface area contributed by atoms with Crippen LogP contribution in [-0.4, -0.2) is 40.7 Å². The molecule has 8 nitrogen and oxygen atoms in total. The van der Waals surface area contributed by atoms with Crippen LogP contribution in [0.2, 0.25) is 0 Å². The van der Waals surface area contributed by atoms with E-state index in [0.29, 0.717) is 12.2 Å². The lowest BCUT2D eigenvalue weighted by Crippen LogP contribution is -2.28. The topological polar surface area (TPSA) is 131 Å². The van der Waals surface area contributed by atoms with E-state index in [0.717, 1.165) is 0 Å². The van der Waals surface area contributed by atoms with Gasteiger partial charge < -0.3 is 5.32 Å². The van der Waals surface area contributed by atoms with Gasteiger partial charge in [0.2, 0.25) is 10.0 Å². The van der Waals surface area contributed by atoms with E-state index in [1.165, 1.54) is 6.20 Å². The Hall–Kier alpha value is -1.23. The third kappa shape index (κ3) is 5.41. The Kier molecular flexibility index (Phi) is 5.87. The van der Waals surface area contributed by atoms with Crippen molar-refractivity contribution >= 4 is 25.7 Å². The molecule has 1 heterocycles. The van der Waals surface area contributed by atoms with Crippen LogP contribution in [0.15, 0.2) is 23.4 Å². The van der Waals surface area contributed by atoms with Crippen molar-refractivity contribution in [2.75, 3.05) is 24.2 Å². The van der Waals surface area contributed by atoms with Crippen LogP contribution in [0.3, 0.4) is 0 Å². The largest absolute Gasteiger partial charge is 0.383 e. The fourth-order valence-corrected chi connectivity index (χ4v) is 3.20. The quantitative estimate of drug-likeness (QED) is 0.551. The second-order valence-corrected chi connectivity index (χ2v) is 7.42. The molecule has 10 heteroatoms. The summed E-state index contributed by atoms with van der Waals surface area (Å²) in [6, 6.07) is 3.23. The van der Waals surface area contributed by atoms with Gasteiger partial charge in [-0.05, 0) is 25.5 Å². The van der Waals surface area contributed by atoms with Crippen molar-refractivity contribution in [3.05, 3.63) is 18.3 Å². The molecular formula is C10H18N4O4S2. The van der Waals surface area contributed by atoms with Gasteiger partial charge in [0.15, 0.2) is 5.03 Å². The number of primary sulfonamides is 1. The van der Waals surface area contributed by atoms with Gasteiger partial charge >= 0.3 is 0 Å². The van der Waals surface area contributed by atoms with Crippen molar-refractivity contribution < 1.29 is 16.8 Å². The zero-order valence-electron chi connectivity index (χ0n) is 11.0. The predicted molar refractivity (Wildman–Crippen MR) is 76.2 cm³/mol. The molecule has 0 aromatic carbocycles. The molecule has 0 atom stereocenters. The molecule has 0 spiro atoms. The number of sulfonamides is 2. The first-order valence-corrected chi connectivity index (χ1v) is 9.15. The number of nitrogens with one attached hydrogen (secondary N) is 2. The zero-order valence-corrected chi connectivity index (χ0v) is 12.7. The minimum atomic E-state index is -3.79. The molecule has 0 aliphatic heterocycles. The van der Waals surface area contributed by atoms with E-state index in [1.54, 1.807) is 12.1 Å². The molecular weight excluding hydrogens is 304 g/mol. The van der Waals surface area contributed by atoms with Crippen molar-refractivity contribution in [2.45, 2.75) is 18.4 Å². The second kappa shape index (κ2) is 6.97. The van der Waals surface area contributed by atoms with Crippen molar-refractivity contribution in [2.24, 2.45) is 5.14 Å². The number of nitrogens with zero attached hydrogens (tertiary/aromatic N) is 1. The molecule has 20 heavy (non-hydrogen) atoms. The lowest BCUT2D eigenvalue weighted by molar-refractivity contribution is 0.573. The summed E-state index contributed by atoms with van der Waals surface area (Å²) in [7, 11) is -7.38. The van der Waals surface area contributed by atoms with Gasteiger partial charge in [-0.25, -0.2) is 31.7 Å². The molecule has 0 bridgehead atoms. The smallest absolute Gasteiger partial charge is 0.260 e. The van der Waals surface area contributed by atoms with Crippen LogP contribution in [0, 0.1) is 0 Å². The Morgan fingerprint density at radius 1 is 1.30 bits per heavy atom. The van der Waals surface area contributed by atoms with Gasteiger partial charge in [0.1, 0.15) is 0 Å². The first kappa shape index (κ1) is 16.8. The number of nitrogens with two attached hydrogens (primary N) is 1. The molecule has 0 fully saturated rings. The first-order chi connectivity index (χ1) is 9.26. The predicted octanol–water partition coefficient (Wildman–Crippen LogP) is -0.530. The summed E-state index contributed by atoms with van der Waals surface area (Å²) in [6.45, 7) is 2.36. The van der Waals surface area contributed by atoms with E-state index in [2.05, 4.69) is 15.0 Å². The monoisotopic (exact) mass is 322 g/mol. The number of hydrogen-bond acceptors (Lipinski definition) is 6. The van der Waals surface area contributed by atoms with Crippen LogP contribution in [-0.2, 0) is 20.0 Å². The van der Waals surface area contributed by atoms with Crippen LogP contribution < -0.4 is 15.2 Å². The third-order valence-corrected chi connectivity index (χ3v) is 4.57. The van der Waals surface area contributed by atoms with E-state index in [4.69, 9.17) is 5.14 Å². The highest BCUT2D eigenvalue weighted by Crippen LogP contribution is 2.17. The number of pyridine rings is 1. The van der Waals surface area contributed by atoms with E-state index in [-0.39, 0.29) is 23.7 Å². The Labute approximate surface area is 118 Å². The zero-order chi connectivity index (χ0) is 15.2. The molecule has 1 aromatic heterocycles. The van der Waals surface area contributed by atoms with Gasteiger partial charge in [0.25, 0.3) is 10.0 Å². The summed E-state index contributed by atoms with van der Waals surface area (Å²) in [6.07, 6.45) is 1.47. The van der Waals surface area contributed by atoms with E-state index < -0.39 is 20.0 Å². The highest BCUT2D eigenvalue weighted by atomic mass is 32.2. The van der Waals surface area contributed by atoms with Gasteiger partial charge in [0, 0.05) is 19.3 Å². The van der Waals surface area contributed by atoms with Gasteiger partial charge in [-0.1, -0.05) is 0 Å². The molecule has 0 saturated carbocycles. The molecule has 0 aliphatic carbocycles. The summed E-state index contributed by atoms with van der Waals surface area (Å²) >= 11 is 0. The highest BCUT2D eigenvalue weighted by Gasteiger charge is 2.19. The van der Waals surface area contributed by atoms with Crippen molar-refractivity contribution in [1.29, 1.82) is 0 Å². The molecule has 114 valence electrons. The van der Waals surface area contributed by atoms with Crippen LogP contribution in [0.25, 0.3) is 0 Å². The lowest BCUT2D eigenvalue weighted by atomic mass is 10.4. The normalized spacial score (nSPS) is 12.3. The van der Waals surface area contributed by atoms with Gasteiger partial charge in [-0.15, -0.1) is 0 Å². The minimum absolute atomic E-state index is 0.0269. The molecule has 1 aromatic rings. The fourth-order valence-electron chi connectivity index (χ4n) is 1.48. The van der Waals surface area contributed by atoms with Gasteiger partial charge in [0.05, 0.1) is 11.4 Å². The van der Waals surface area contributed by atoms with Gasteiger partial charge in [-0.2, -0.15) is 0 Å². The molecule has 0 aliphatic rings. The highest BCUT2D eigenvalue weighted by molar-refractivity contribution is 7.89. The number of hydrogen-bond donors (Lipinski definition) is 3. The maximum atomic E-state index is 12.1. The van der Waals surface area contributed by atoms with Crippen LogP contribution >= 0.6 is 0 Å². The summed E-state index contributed by atoms with van der Waals surface area (Å²) in [5.74, 6) is -0.280. The van der Waals surface area contributed by atoms with E-state index >= 15 is 0 Å². The van der Waals surface area contributed by atoms with Crippen LogP contribution in [0.1, 0.15) is 13.3 Å². The second-order valence-electron chi connectivity index (χ2n) is 4.00. The Bertz CT molecular complexity index is 643. The van der Waals surface area contributed by atoms with Crippen molar-refractivity contribution in [3.8, 4) is 0 Å². The van der Waals surface area contributed by atoms with Crippen molar-refractivity contribution in [3.63, 3.8) is 0 Å².